The second kappa shape index (κ2) is 6.34. The highest BCUT2D eigenvalue weighted by Gasteiger charge is 2.32. The molecule has 3 aromatic rings. The van der Waals surface area contributed by atoms with E-state index in [0.29, 0.717) is 16.8 Å². The Morgan fingerprint density at radius 3 is 1.96 bits per heavy atom. The third-order valence-corrected chi connectivity index (χ3v) is 5.10. The molecule has 0 atom stereocenters. The van der Waals surface area contributed by atoms with Gasteiger partial charge in [0.05, 0.1) is 11.3 Å². The van der Waals surface area contributed by atoms with Gasteiger partial charge >= 0.3 is 0 Å². The van der Waals surface area contributed by atoms with Crippen LogP contribution in [0.15, 0.2) is 60.7 Å². The first-order valence-electron chi connectivity index (χ1n) is 9.19. The van der Waals surface area contributed by atoms with Gasteiger partial charge in [0.1, 0.15) is 0 Å². The predicted molar refractivity (Wildman–Crippen MR) is 110 cm³/mol. The largest absolute Gasteiger partial charge is 0.505 e. The molecule has 3 aromatic carbocycles. The third kappa shape index (κ3) is 2.87. The Bertz CT molecular complexity index is 1110. The van der Waals surface area contributed by atoms with Crippen LogP contribution in [0.5, 0.6) is 5.75 Å². The van der Waals surface area contributed by atoms with E-state index >= 15 is 0 Å². The highest BCUT2D eigenvalue weighted by molar-refractivity contribution is 6.29. The van der Waals surface area contributed by atoms with Crippen molar-refractivity contribution in [3.8, 4) is 5.75 Å². The van der Waals surface area contributed by atoms with Crippen molar-refractivity contribution in [3.05, 3.63) is 88.5 Å². The van der Waals surface area contributed by atoms with Crippen molar-refractivity contribution in [2.24, 2.45) is 0 Å². The fourth-order valence-corrected chi connectivity index (χ4v) is 3.48. The zero-order valence-corrected chi connectivity index (χ0v) is 16.0. The van der Waals surface area contributed by atoms with Crippen LogP contribution in [0.2, 0.25) is 0 Å². The number of anilines is 2. The molecule has 0 fully saturated rings. The molecule has 0 amide bonds. The number of hydrogen-bond donors (Lipinski definition) is 2. The molecular formula is C24H21NO3. The molecule has 2 N–H and O–H groups in total. The number of rotatable bonds is 2. The van der Waals surface area contributed by atoms with E-state index in [1.54, 1.807) is 36.4 Å². The van der Waals surface area contributed by atoms with Crippen LogP contribution in [0.4, 0.5) is 11.4 Å². The summed E-state index contributed by atoms with van der Waals surface area (Å²) in [6, 6.07) is 17.8. The van der Waals surface area contributed by atoms with Gasteiger partial charge in [-0.3, -0.25) is 9.59 Å². The lowest BCUT2D eigenvalue weighted by Crippen LogP contribution is -2.21. The fourth-order valence-electron chi connectivity index (χ4n) is 3.48. The van der Waals surface area contributed by atoms with Crippen molar-refractivity contribution in [2.75, 3.05) is 5.32 Å². The Labute approximate surface area is 163 Å². The molecule has 0 aliphatic heterocycles. The van der Waals surface area contributed by atoms with Gasteiger partial charge in [0.25, 0.3) is 0 Å². The van der Waals surface area contributed by atoms with E-state index in [9.17, 15) is 14.7 Å². The lowest BCUT2D eigenvalue weighted by Gasteiger charge is -2.21. The monoisotopic (exact) mass is 371 g/mol. The molecule has 0 saturated heterocycles. The van der Waals surface area contributed by atoms with E-state index in [4.69, 9.17) is 0 Å². The summed E-state index contributed by atoms with van der Waals surface area (Å²) in [6.45, 7) is 6.43. The second-order valence-corrected chi connectivity index (χ2v) is 8.04. The maximum Gasteiger partial charge on any atom is 0.198 e. The van der Waals surface area contributed by atoms with Gasteiger partial charge in [0.2, 0.25) is 0 Å². The number of carbonyl (C=O) groups is 2. The number of phenolic OH excluding ortho intramolecular Hbond substituents is 1. The van der Waals surface area contributed by atoms with Crippen molar-refractivity contribution >= 4 is 22.9 Å². The van der Waals surface area contributed by atoms with Crippen molar-refractivity contribution in [2.45, 2.75) is 26.2 Å². The number of aromatic hydroxyl groups is 1. The fraction of sp³-hybridized carbons (Fsp3) is 0.167. The number of nitrogens with one attached hydrogen (secondary N) is 1. The average Bonchev–Trinajstić information content (AvgIpc) is 2.67. The first-order valence-corrected chi connectivity index (χ1v) is 9.19. The van der Waals surface area contributed by atoms with Gasteiger partial charge in [-0.25, -0.2) is 0 Å². The van der Waals surface area contributed by atoms with Gasteiger partial charge in [-0.1, -0.05) is 57.2 Å². The molecule has 0 unspecified atom stereocenters. The first-order chi connectivity index (χ1) is 13.3. The molecule has 0 saturated carbocycles. The number of fused-ring (bicyclic) bond motifs is 2. The van der Waals surface area contributed by atoms with Gasteiger partial charge in [0.15, 0.2) is 17.3 Å². The molecule has 4 nitrogen and oxygen atoms in total. The lowest BCUT2D eigenvalue weighted by molar-refractivity contribution is 0.0977. The average molecular weight is 371 g/mol. The van der Waals surface area contributed by atoms with Gasteiger partial charge < -0.3 is 10.4 Å². The summed E-state index contributed by atoms with van der Waals surface area (Å²) in [5.74, 6) is -0.790. The smallest absolute Gasteiger partial charge is 0.198 e. The van der Waals surface area contributed by atoms with Gasteiger partial charge in [0, 0.05) is 22.4 Å². The molecular weight excluding hydrogens is 350 g/mol. The number of phenols is 1. The minimum Gasteiger partial charge on any atom is -0.505 e. The quantitative estimate of drug-likeness (QED) is 0.475. The van der Waals surface area contributed by atoms with Crippen LogP contribution in [0.1, 0.15) is 58.2 Å². The summed E-state index contributed by atoms with van der Waals surface area (Å²) in [4.78, 5) is 25.6. The number of benzene rings is 3. The molecule has 4 heteroatoms. The Balaban J connectivity index is 1.72. The maximum absolute atomic E-state index is 12.9. The molecule has 140 valence electrons. The van der Waals surface area contributed by atoms with Crippen LogP contribution in [-0.4, -0.2) is 16.7 Å². The second-order valence-electron chi connectivity index (χ2n) is 8.04. The Morgan fingerprint density at radius 1 is 0.750 bits per heavy atom. The van der Waals surface area contributed by atoms with E-state index in [-0.39, 0.29) is 33.9 Å². The van der Waals surface area contributed by atoms with Crippen LogP contribution in [-0.2, 0) is 5.41 Å². The molecule has 4 rings (SSSR count). The summed E-state index contributed by atoms with van der Waals surface area (Å²) >= 11 is 0. The first kappa shape index (κ1) is 18.0. The highest BCUT2D eigenvalue weighted by atomic mass is 16.3. The number of carbonyl (C=O) groups excluding carboxylic acids is 2. The van der Waals surface area contributed by atoms with E-state index in [1.807, 2.05) is 24.3 Å². The van der Waals surface area contributed by atoms with Crippen LogP contribution >= 0.6 is 0 Å². The molecule has 0 heterocycles. The maximum atomic E-state index is 12.9. The van der Waals surface area contributed by atoms with Gasteiger partial charge in [-0.2, -0.15) is 0 Å². The summed E-state index contributed by atoms with van der Waals surface area (Å²) in [7, 11) is 0. The van der Waals surface area contributed by atoms with Crippen molar-refractivity contribution in [3.63, 3.8) is 0 Å². The standard InChI is InChI=1S/C24H21NO3/c1-24(2,3)14-8-10-15(11-9-14)25-19-13-12-18-20(23(19)28)22(27)17-7-5-4-6-16(17)21(18)26/h4-13,25,28H,1-3H3. The van der Waals surface area contributed by atoms with E-state index in [1.165, 1.54) is 5.56 Å². The third-order valence-electron chi connectivity index (χ3n) is 5.10. The van der Waals surface area contributed by atoms with Crippen molar-refractivity contribution in [1.82, 2.24) is 0 Å². The topological polar surface area (TPSA) is 66.4 Å². The summed E-state index contributed by atoms with van der Waals surface area (Å²) in [6.07, 6.45) is 0. The molecule has 1 aliphatic rings. The summed E-state index contributed by atoms with van der Waals surface area (Å²) < 4.78 is 0. The Kier molecular flexibility index (Phi) is 4.07. The van der Waals surface area contributed by atoms with Crippen LogP contribution in [0.3, 0.4) is 0 Å². The number of hydrogen-bond acceptors (Lipinski definition) is 4. The molecule has 0 spiro atoms. The lowest BCUT2D eigenvalue weighted by atomic mass is 9.83. The molecule has 1 aliphatic carbocycles. The van der Waals surface area contributed by atoms with E-state index < -0.39 is 0 Å². The van der Waals surface area contributed by atoms with Crippen LogP contribution in [0, 0.1) is 0 Å². The molecule has 0 bridgehead atoms. The van der Waals surface area contributed by atoms with Crippen molar-refractivity contribution < 1.29 is 14.7 Å². The SMILES string of the molecule is CC(C)(C)c1ccc(Nc2ccc3c(c2O)C(=O)c2ccccc2C3=O)cc1. The van der Waals surface area contributed by atoms with Crippen LogP contribution < -0.4 is 5.32 Å². The van der Waals surface area contributed by atoms with Crippen molar-refractivity contribution in [1.29, 1.82) is 0 Å². The minimum atomic E-state index is -0.338. The van der Waals surface area contributed by atoms with E-state index in [0.717, 1.165) is 5.69 Å². The number of ketones is 2. The van der Waals surface area contributed by atoms with E-state index in [2.05, 4.69) is 26.1 Å². The highest BCUT2D eigenvalue weighted by Crippen LogP contribution is 2.38. The zero-order chi connectivity index (χ0) is 20.1. The Hall–Kier alpha value is -3.40. The van der Waals surface area contributed by atoms with Crippen LogP contribution in [0.25, 0.3) is 0 Å². The molecule has 0 radical (unpaired) electrons. The summed E-state index contributed by atoms with van der Waals surface area (Å²) in [5.41, 5.74) is 3.41. The zero-order valence-electron chi connectivity index (χ0n) is 16.0. The minimum absolute atomic E-state index is 0.0483. The van der Waals surface area contributed by atoms with Gasteiger partial charge in [-0.05, 0) is 35.2 Å². The van der Waals surface area contributed by atoms with Gasteiger partial charge in [-0.15, -0.1) is 0 Å². The normalized spacial score (nSPS) is 13.1. The Morgan fingerprint density at radius 2 is 1.36 bits per heavy atom. The molecule has 28 heavy (non-hydrogen) atoms. The summed E-state index contributed by atoms with van der Waals surface area (Å²) in [5, 5.41) is 13.9. The molecule has 0 aromatic heterocycles. The predicted octanol–water partition coefficient (Wildman–Crippen LogP) is 5.21.